The lowest BCUT2D eigenvalue weighted by Crippen LogP contribution is -2.16. The summed E-state index contributed by atoms with van der Waals surface area (Å²) < 4.78 is 65.6. The molecule has 28 heavy (non-hydrogen) atoms. The van der Waals surface area contributed by atoms with Gasteiger partial charge < -0.3 is 9.47 Å². The Morgan fingerprint density at radius 2 is 1.39 bits per heavy atom. The van der Waals surface area contributed by atoms with Crippen molar-refractivity contribution in [3.8, 4) is 0 Å². The first-order valence-corrected chi connectivity index (χ1v) is 8.81. The maximum absolute atomic E-state index is 14.1. The number of ether oxygens (including phenoxy) is 2. The van der Waals surface area contributed by atoms with Crippen molar-refractivity contribution in [3.63, 3.8) is 0 Å². The van der Waals surface area contributed by atoms with Crippen LogP contribution in [0.4, 0.5) is 17.6 Å². The van der Waals surface area contributed by atoms with Gasteiger partial charge in [0.25, 0.3) is 0 Å². The summed E-state index contributed by atoms with van der Waals surface area (Å²) in [5, 5.41) is 0. The molecule has 0 aliphatic carbocycles. The molecule has 2 aromatic rings. The lowest BCUT2D eigenvalue weighted by Gasteiger charge is -2.20. The van der Waals surface area contributed by atoms with Crippen LogP contribution in [0.25, 0.3) is 0 Å². The second-order valence-electron chi connectivity index (χ2n) is 6.77. The Kier molecular flexibility index (Phi) is 7.57. The van der Waals surface area contributed by atoms with E-state index in [4.69, 9.17) is 4.74 Å². The molecule has 0 aliphatic rings. The fraction of sp³-hybridized carbons (Fsp3) is 0.381. The molecule has 0 saturated heterocycles. The first-order chi connectivity index (χ1) is 13.3. The lowest BCUT2D eigenvalue weighted by atomic mass is 9.86. The number of carbonyl (C=O) groups is 1. The zero-order valence-electron chi connectivity index (χ0n) is 15.9. The summed E-state index contributed by atoms with van der Waals surface area (Å²) in [7, 11) is 1.14. The Morgan fingerprint density at radius 3 is 1.86 bits per heavy atom. The van der Waals surface area contributed by atoms with Crippen LogP contribution in [0.3, 0.4) is 0 Å². The van der Waals surface area contributed by atoms with E-state index in [1.807, 2.05) is 44.2 Å². The molecule has 0 saturated carbocycles. The van der Waals surface area contributed by atoms with E-state index in [0.29, 0.717) is 0 Å². The molecule has 0 aromatic heterocycles. The van der Waals surface area contributed by atoms with Crippen LogP contribution >= 0.6 is 0 Å². The second-order valence-corrected chi connectivity index (χ2v) is 6.77. The second kappa shape index (κ2) is 9.68. The molecule has 1 atom stereocenters. The van der Waals surface area contributed by atoms with Crippen LogP contribution in [-0.4, -0.2) is 13.1 Å². The molecule has 152 valence electrons. The number of halogens is 4. The van der Waals surface area contributed by atoms with Crippen molar-refractivity contribution in [3.05, 3.63) is 70.3 Å². The Bertz CT molecular complexity index is 793. The highest BCUT2D eigenvalue weighted by Gasteiger charge is 2.27. The third-order valence-corrected chi connectivity index (χ3v) is 4.53. The summed E-state index contributed by atoms with van der Waals surface area (Å²) >= 11 is 0. The fourth-order valence-corrected chi connectivity index (χ4v) is 2.95. The molecule has 0 fully saturated rings. The summed E-state index contributed by atoms with van der Waals surface area (Å²) in [6, 6.07) is 9.27. The zero-order chi connectivity index (χ0) is 20.8. The fourth-order valence-electron chi connectivity index (χ4n) is 2.95. The molecule has 3 nitrogen and oxygen atoms in total. The van der Waals surface area contributed by atoms with E-state index in [2.05, 4.69) is 4.74 Å². The van der Waals surface area contributed by atoms with E-state index in [9.17, 15) is 22.4 Å². The minimum Gasteiger partial charge on any atom is -0.461 e. The molecular formula is C21H22F4O3. The Morgan fingerprint density at radius 1 is 0.893 bits per heavy atom. The largest absolute Gasteiger partial charge is 0.461 e. The smallest absolute Gasteiger partial charge is 0.306 e. The molecule has 2 aromatic carbocycles. The Balaban J connectivity index is 2.14. The third-order valence-electron chi connectivity index (χ3n) is 4.53. The first-order valence-electron chi connectivity index (χ1n) is 8.81. The van der Waals surface area contributed by atoms with Crippen molar-refractivity contribution in [2.24, 2.45) is 5.92 Å². The molecular weight excluding hydrogens is 376 g/mol. The number of benzene rings is 2. The molecule has 0 unspecified atom stereocenters. The summed E-state index contributed by atoms with van der Waals surface area (Å²) in [5.41, 5.74) is -0.895. The summed E-state index contributed by atoms with van der Waals surface area (Å²) in [6.07, 6.45) is -0.0301. The molecule has 0 amide bonds. The van der Waals surface area contributed by atoms with Gasteiger partial charge in [-0.25, -0.2) is 17.6 Å². The Hall–Kier alpha value is -2.41. The van der Waals surface area contributed by atoms with Gasteiger partial charge in [-0.05, 0) is 17.4 Å². The Labute approximate surface area is 161 Å². The first kappa shape index (κ1) is 21.9. The maximum Gasteiger partial charge on any atom is 0.306 e. The normalized spacial score (nSPS) is 12.3. The van der Waals surface area contributed by atoms with Crippen molar-refractivity contribution in [2.75, 3.05) is 7.11 Å². The van der Waals surface area contributed by atoms with Gasteiger partial charge in [0.2, 0.25) is 0 Å². The van der Waals surface area contributed by atoms with Gasteiger partial charge in [-0.2, -0.15) is 0 Å². The van der Waals surface area contributed by atoms with Crippen molar-refractivity contribution in [2.45, 2.75) is 39.4 Å². The molecule has 2 rings (SSSR count). The number of hydrogen-bond donors (Lipinski definition) is 0. The molecule has 0 N–H and O–H groups in total. The molecule has 0 bridgehead atoms. The quantitative estimate of drug-likeness (QED) is 0.346. The van der Waals surface area contributed by atoms with Gasteiger partial charge in [0.15, 0.2) is 23.3 Å². The van der Waals surface area contributed by atoms with Crippen molar-refractivity contribution in [1.82, 2.24) is 0 Å². The lowest BCUT2D eigenvalue weighted by molar-refractivity contribution is -0.145. The SMILES string of the molecule is COCc1c(F)c(F)c(COC(=O)C[C@H](c2ccccc2)C(C)C)c(F)c1F. The summed E-state index contributed by atoms with van der Waals surface area (Å²) in [5.74, 6) is -7.09. The van der Waals surface area contributed by atoms with Gasteiger partial charge in [-0.15, -0.1) is 0 Å². The highest BCUT2D eigenvalue weighted by atomic mass is 19.2. The molecule has 7 heteroatoms. The summed E-state index contributed by atoms with van der Waals surface area (Å²) in [6.45, 7) is 2.34. The average Bonchev–Trinajstić information content (AvgIpc) is 2.68. The van der Waals surface area contributed by atoms with E-state index in [0.717, 1.165) is 12.7 Å². The van der Waals surface area contributed by atoms with Gasteiger partial charge >= 0.3 is 5.97 Å². The van der Waals surface area contributed by atoms with Gasteiger partial charge in [-0.1, -0.05) is 44.2 Å². The van der Waals surface area contributed by atoms with Gasteiger partial charge in [0.1, 0.15) is 6.61 Å². The van der Waals surface area contributed by atoms with E-state index in [1.54, 1.807) is 0 Å². The molecule has 0 aliphatic heterocycles. The molecule has 0 heterocycles. The predicted molar refractivity (Wildman–Crippen MR) is 95.4 cm³/mol. The van der Waals surface area contributed by atoms with E-state index in [-0.39, 0.29) is 18.3 Å². The van der Waals surface area contributed by atoms with Crippen LogP contribution in [0, 0.1) is 29.2 Å². The van der Waals surface area contributed by atoms with Crippen molar-refractivity contribution >= 4 is 5.97 Å². The van der Waals surface area contributed by atoms with Gasteiger partial charge in [-0.3, -0.25) is 4.79 Å². The number of hydrogen-bond acceptors (Lipinski definition) is 3. The zero-order valence-corrected chi connectivity index (χ0v) is 15.9. The topological polar surface area (TPSA) is 35.5 Å². The minimum absolute atomic E-state index is 0.0301. The standard InChI is InChI=1S/C21H22F4O3/c1-12(2)14(13-7-5-4-6-8-13)9-17(26)28-11-16-20(24)18(22)15(10-27-3)19(23)21(16)25/h4-8,12,14H,9-11H2,1-3H3/t14-/m0/s1. The van der Waals surface area contributed by atoms with Crippen LogP contribution in [0.1, 0.15) is 42.9 Å². The average molecular weight is 398 g/mol. The van der Waals surface area contributed by atoms with E-state index in [1.165, 1.54) is 0 Å². The third kappa shape index (κ3) is 4.90. The van der Waals surface area contributed by atoms with Crippen LogP contribution in [0.5, 0.6) is 0 Å². The number of rotatable bonds is 8. The molecule has 0 radical (unpaired) electrons. The van der Waals surface area contributed by atoms with Crippen molar-refractivity contribution in [1.29, 1.82) is 0 Å². The van der Waals surface area contributed by atoms with Gasteiger partial charge in [0, 0.05) is 7.11 Å². The highest BCUT2D eigenvalue weighted by molar-refractivity contribution is 5.70. The van der Waals surface area contributed by atoms with Gasteiger partial charge in [0.05, 0.1) is 24.2 Å². The molecule has 0 spiro atoms. The van der Waals surface area contributed by atoms with Crippen LogP contribution in [-0.2, 0) is 27.5 Å². The maximum atomic E-state index is 14.1. The summed E-state index contributed by atoms with van der Waals surface area (Å²) in [4.78, 5) is 12.2. The minimum atomic E-state index is -1.60. The van der Waals surface area contributed by atoms with Crippen LogP contribution < -0.4 is 0 Å². The number of esters is 1. The van der Waals surface area contributed by atoms with Crippen LogP contribution in [0.2, 0.25) is 0 Å². The monoisotopic (exact) mass is 398 g/mol. The number of carbonyl (C=O) groups excluding carboxylic acids is 1. The van der Waals surface area contributed by atoms with Crippen molar-refractivity contribution < 1.29 is 31.8 Å². The van der Waals surface area contributed by atoms with E-state index >= 15 is 0 Å². The van der Waals surface area contributed by atoms with Crippen LogP contribution in [0.15, 0.2) is 30.3 Å². The highest BCUT2D eigenvalue weighted by Crippen LogP contribution is 2.29. The number of methoxy groups -OCH3 is 1. The predicted octanol–water partition coefficient (Wildman–Crippen LogP) is 5.26. The van der Waals surface area contributed by atoms with E-state index < -0.39 is 53.6 Å².